The average molecular weight is 497 g/mol. The molecule has 0 spiro atoms. The first-order chi connectivity index (χ1) is 18.0. The van der Waals surface area contributed by atoms with Crippen molar-refractivity contribution < 1.29 is 19.1 Å². The summed E-state index contributed by atoms with van der Waals surface area (Å²) in [4.78, 5) is 51.3. The molecular formula is C27H24N6O4. The second kappa shape index (κ2) is 9.05. The van der Waals surface area contributed by atoms with Crippen LogP contribution in [0.3, 0.4) is 0 Å². The lowest BCUT2D eigenvalue weighted by molar-refractivity contribution is -0.119. The number of aromatic amines is 1. The summed E-state index contributed by atoms with van der Waals surface area (Å²) in [6.07, 6.45) is 3.75. The molecule has 0 radical (unpaired) electrons. The normalized spacial score (nSPS) is 16.9. The molecule has 0 saturated carbocycles. The third-order valence-corrected chi connectivity index (χ3v) is 6.76. The molecule has 0 bridgehead atoms. The lowest BCUT2D eigenvalue weighted by Gasteiger charge is -2.18. The fourth-order valence-corrected chi connectivity index (χ4v) is 4.84. The molecular weight excluding hydrogens is 472 g/mol. The van der Waals surface area contributed by atoms with Gasteiger partial charge in [-0.05, 0) is 36.6 Å². The number of nitrogens with one attached hydrogen (secondary N) is 3. The van der Waals surface area contributed by atoms with Gasteiger partial charge in [-0.3, -0.25) is 14.4 Å². The molecule has 0 aliphatic carbocycles. The van der Waals surface area contributed by atoms with E-state index in [1.807, 2.05) is 37.3 Å². The van der Waals surface area contributed by atoms with Gasteiger partial charge >= 0.3 is 0 Å². The Kier molecular flexibility index (Phi) is 5.56. The SMILES string of the molecule is Cc1ccc(C2CCN(c3c[nH]c4c(C(=O)NCc5ccc6c(c5)NC(=O)CO6)ncnc34)C2=O)cc1. The predicted octanol–water partition coefficient (Wildman–Crippen LogP) is 3.05. The van der Waals surface area contributed by atoms with Crippen LogP contribution in [0.4, 0.5) is 11.4 Å². The number of rotatable bonds is 5. The van der Waals surface area contributed by atoms with Crippen molar-refractivity contribution in [1.29, 1.82) is 0 Å². The highest BCUT2D eigenvalue weighted by Gasteiger charge is 2.35. The van der Waals surface area contributed by atoms with E-state index < -0.39 is 0 Å². The molecule has 10 heteroatoms. The number of hydrogen-bond donors (Lipinski definition) is 3. The van der Waals surface area contributed by atoms with Crippen molar-refractivity contribution in [2.75, 3.05) is 23.4 Å². The van der Waals surface area contributed by atoms with E-state index in [2.05, 4.69) is 25.6 Å². The number of benzene rings is 2. The number of amides is 3. The van der Waals surface area contributed by atoms with Gasteiger partial charge in [-0.15, -0.1) is 0 Å². The molecule has 2 aromatic heterocycles. The molecule has 1 fully saturated rings. The summed E-state index contributed by atoms with van der Waals surface area (Å²) < 4.78 is 5.37. The van der Waals surface area contributed by atoms with Gasteiger partial charge in [0.1, 0.15) is 17.6 Å². The van der Waals surface area contributed by atoms with Gasteiger partial charge in [-0.1, -0.05) is 35.9 Å². The molecule has 2 aliphatic heterocycles. The van der Waals surface area contributed by atoms with Crippen molar-refractivity contribution in [2.24, 2.45) is 0 Å². The monoisotopic (exact) mass is 496 g/mol. The summed E-state index contributed by atoms with van der Waals surface area (Å²) in [5.41, 5.74) is 5.32. The molecule has 1 unspecified atom stereocenters. The van der Waals surface area contributed by atoms with E-state index in [9.17, 15) is 14.4 Å². The Morgan fingerprint density at radius 1 is 1.16 bits per heavy atom. The highest BCUT2D eigenvalue weighted by atomic mass is 16.5. The minimum Gasteiger partial charge on any atom is -0.482 e. The first kappa shape index (κ1) is 22.7. The molecule has 4 aromatic rings. The molecule has 2 aromatic carbocycles. The number of anilines is 2. The Hall–Kier alpha value is -4.73. The number of ether oxygens (including phenoxy) is 1. The molecule has 37 heavy (non-hydrogen) atoms. The fourth-order valence-electron chi connectivity index (χ4n) is 4.84. The molecule has 1 saturated heterocycles. The largest absolute Gasteiger partial charge is 0.482 e. The smallest absolute Gasteiger partial charge is 0.272 e. The zero-order valence-corrected chi connectivity index (χ0v) is 20.1. The maximum absolute atomic E-state index is 13.3. The van der Waals surface area contributed by atoms with Gasteiger partial charge in [0.15, 0.2) is 12.3 Å². The number of H-pyrrole nitrogens is 1. The second-order valence-corrected chi connectivity index (χ2v) is 9.21. The van der Waals surface area contributed by atoms with Gasteiger partial charge in [-0.25, -0.2) is 9.97 Å². The summed E-state index contributed by atoms with van der Waals surface area (Å²) in [7, 11) is 0. The molecule has 4 heterocycles. The van der Waals surface area contributed by atoms with Gasteiger partial charge < -0.3 is 25.3 Å². The average Bonchev–Trinajstić information content (AvgIpc) is 3.50. The number of aryl methyl sites for hydroxylation is 1. The minimum atomic E-state index is -0.385. The quantitative estimate of drug-likeness (QED) is 0.390. The molecule has 3 amide bonds. The van der Waals surface area contributed by atoms with Crippen molar-refractivity contribution in [1.82, 2.24) is 20.3 Å². The van der Waals surface area contributed by atoms with Crippen LogP contribution in [0.1, 0.15) is 39.5 Å². The van der Waals surface area contributed by atoms with E-state index in [4.69, 9.17) is 4.74 Å². The predicted molar refractivity (Wildman–Crippen MR) is 137 cm³/mol. The van der Waals surface area contributed by atoms with Gasteiger partial charge in [0, 0.05) is 19.3 Å². The van der Waals surface area contributed by atoms with Crippen LogP contribution in [0.15, 0.2) is 55.0 Å². The highest BCUT2D eigenvalue weighted by molar-refractivity contribution is 6.10. The van der Waals surface area contributed by atoms with Crippen molar-refractivity contribution in [3.63, 3.8) is 0 Å². The number of carbonyl (C=O) groups is 3. The summed E-state index contributed by atoms with van der Waals surface area (Å²) in [6.45, 7) is 2.80. The summed E-state index contributed by atoms with van der Waals surface area (Å²) in [6, 6.07) is 13.4. The molecule has 10 nitrogen and oxygen atoms in total. The lowest BCUT2D eigenvalue weighted by atomic mass is 9.97. The van der Waals surface area contributed by atoms with E-state index in [1.54, 1.807) is 23.2 Å². The van der Waals surface area contributed by atoms with Crippen LogP contribution in [-0.2, 0) is 16.1 Å². The van der Waals surface area contributed by atoms with Crippen LogP contribution in [0, 0.1) is 6.92 Å². The van der Waals surface area contributed by atoms with Crippen molar-refractivity contribution in [3.05, 3.63) is 77.4 Å². The second-order valence-electron chi connectivity index (χ2n) is 9.21. The third-order valence-electron chi connectivity index (χ3n) is 6.76. The first-order valence-corrected chi connectivity index (χ1v) is 12.0. The summed E-state index contributed by atoms with van der Waals surface area (Å²) in [5, 5.41) is 5.62. The van der Waals surface area contributed by atoms with Gasteiger partial charge in [0.05, 0.1) is 22.8 Å². The molecule has 3 N–H and O–H groups in total. The van der Waals surface area contributed by atoms with Gasteiger partial charge in [-0.2, -0.15) is 0 Å². The zero-order chi connectivity index (χ0) is 25.5. The highest BCUT2D eigenvalue weighted by Crippen LogP contribution is 2.35. The summed E-state index contributed by atoms with van der Waals surface area (Å²) >= 11 is 0. The van der Waals surface area contributed by atoms with Crippen LogP contribution in [-0.4, -0.2) is 45.8 Å². The lowest BCUT2D eigenvalue weighted by Crippen LogP contribution is -2.27. The van der Waals surface area contributed by atoms with Crippen molar-refractivity contribution >= 4 is 40.1 Å². The standard InChI is InChI=1S/C27H24N6O4/c1-15-2-5-17(6-3-15)18-8-9-33(27(18)36)20-12-28-24-23(20)30-14-31-25(24)26(35)29-11-16-4-7-21-19(10-16)32-22(34)13-37-21/h2-7,10,12,14,18,28H,8-9,11,13H2,1H3,(H,29,35)(H,32,34). The number of hydrogen-bond acceptors (Lipinski definition) is 6. The van der Waals surface area contributed by atoms with Crippen LogP contribution in [0.5, 0.6) is 5.75 Å². The molecule has 2 aliphatic rings. The first-order valence-electron chi connectivity index (χ1n) is 12.0. The van der Waals surface area contributed by atoms with Crippen LogP contribution in [0.2, 0.25) is 0 Å². The number of aromatic nitrogens is 3. The van der Waals surface area contributed by atoms with E-state index >= 15 is 0 Å². The third kappa shape index (κ3) is 4.16. The van der Waals surface area contributed by atoms with Crippen LogP contribution in [0.25, 0.3) is 11.0 Å². The Labute approximate surface area is 212 Å². The van der Waals surface area contributed by atoms with E-state index in [0.717, 1.165) is 16.7 Å². The van der Waals surface area contributed by atoms with Gasteiger partial charge in [0.25, 0.3) is 11.8 Å². The maximum Gasteiger partial charge on any atom is 0.272 e. The van der Waals surface area contributed by atoms with Crippen LogP contribution >= 0.6 is 0 Å². The Balaban J connectivity index is 1.20. The summed E-state index contributed by atoms with van der Waals surface area (Å²) in [5.74, 6) is -0.211. The number of carbonyl (C=O) groups excluding carboxylic acids is 3. The number of nitrogens with zero attached hydrogens (tertiary/aromatic N) is 3. The molecule has 186 valence electrons. The van der Waals surface area contributed by atoms with Crippen molar-refractivity contribution in [3.8, 4) is 5.75 Å². The number of fused-ring (bicyclic) bond motifs is 2. The van der Waals surface area contributed by atoms with Crippen molar-refractivity contribution in [2.45, 2.75) is 25.8 Å². The Morgan fingerprint density at radius 2 is 2.00 bits per heavy atom. The zero-order valence-electron chi connectivity index (χ0n) is 20.1. The molecule has 6 rings (SSSR count). The topological polar surface area (TPSA) is 129 Å². The maximum atomic E-state index is 13.3. The van der Waals surface area contributed by atoms with E-state index in [1.165, 1.54) is 6.33 Å². The Morgan fingerprint density at radius 3 is 2.84 bits per heavy atom. The fraction of sp³-hybridized carbons (Fsp3) is 0.222. The van der Waals surface area contributed by atoms with Crippen LogP contribution < -0.4 is 20.3 Å². The minimum absolute atomic E-state index is 0.0119. The van der Waals surface area contributed by atoms with E-state index in [-0.39, 0.29) is 42.5 Å². The van der Waals surface area contributed by atoms with Gasteiger partial charge in [0.2, 0.25) is 5.91 Å². The van der Waals surface area contributed by atoms with E-state index in [0.29, 0.717) is 41.1 Å². The Bertz CT molecular complexity index is 1540. The molecule has 1 atom stereocenters.